The highest BCUT2D eigenvalue weighted by atomic mass is 32.1. The minimum atomic E-state index is -1.89. The van der Waals surface area contributed by atoms with Gasteiger partial charge in [-0.25, -0.2) is 4.98 Å². The van der Waals surface area contributed by atoms with Crippen LogP contribution in [0.5, 0.6) is 0 Å². The highest BCUT2D eigenvalue weighted by Gasteiger charge is 2.39. The molecule has 5 heteroatoms. The van der Waals surface area contributed by atoms with Crippen LogP contribution in [0.2, 0.25) is 18.1 Å². The maximum Gasteiger partial charge on any atom is 0.192 e. The van der Waals surface area contributed by atoms with Gasteiger partial charge in [-0.3, -0.25) is 0 Å². The van der Waals surface area contributed by atoms with Gasteiger partial charge in [0.05, 0.1) is 16.8 Å². The molecular formula is C24H41NO2SSi. The van der Waals surface area contributed by atoms with E-state index >= 15 is 0 Å². The third-order valence-electron chi connectivity index (χ3n) is 5.91. The molecule has 1 rings (SSSR count). The predicted molar refractivity (Wildman–Crippen MR) is 130 cm³/mol. The second-order valence-corrected chi connectivity index (χ2v) is 15.7. The van der Waals surface area contributed by atoms with Gasteiger partial charge in [0, 0.05) is 11.3 Å². The van der Waals surface area contributed by atoms with Crippen LogP contribution in [0.25, 0.3) is 6.08 Å². The van der Waals surface area contributed by atoms with Gasteiger partial charge in [0.15, 0.2) is 8.32 Å². The maximum absolute atomic E-state index is 10.8. The molecule has 0 radical (unpaired) electrons. The van der Waals surface area contributed by atoms with Gasteiger partial charge in [0.25, 0.3) is 0 Å². The first-order valence-corrected chi connectivity index (χ1v) is 14.5. The summed E-state index contributed by atoms with van der Waals surface area (Å²) < 4.78 is 6.81. The molecule has 0 aliphatic rings. The van der Waals surface area contributed by atoms with Crippen LogP contribution in [0.15, 0.2) is 22.6 Å². The number of carbonyl (C=O) groups excluding carboxylic acids is 1. The van der Waals surface area contributed by atoms with E-state index in [4.69, 9.17) is 4.43 Å². The topological polar surface area (TPSA) is 39.2 Å². The highest BCUT2D eigenvalue weighted by Crippen LogP contribution is 2.38. The Bertz CT molecular complexity index is 713. The summed E-state index contributed by atoms with van der Waals surface area (Å²) in [6.07, 6.45) is 9.57. The Hall–Kier alpha value is -1.04. The third kappa shape index (κ3) is 9.10. The van der Waals surface area contributed by atoms with Crippen molar-refractivity contribution in [2.24, 2.45) is 5.92 Å². The summed E-state index contributed by atoms with van der Waals surface area (Å²) in [5.41, 5.74) is 3.64. The average molecular weight is 436 g/mol. The summed E-state index contributed by atoms with van der Waals surface area (Å²) in [4.78, 5) is 15.4. The molecule has 1 heterocycles. The van der Waals surface area contributed by atoms with Crippen LogP contribution in [-0.2, 0) is 9.22 Å². The summed E-state index contributed by atoms with van der Waals surface area (Å²) in [6, 6.07) is 0. The molecule has 164 valence electrons. The van der Waals surface area contributed by atoms with E-state index < -0.39 is 8.32 Å². The molecule has 0 aromatic carbocycles. The van der Waals surface area contributed by atoms with Gasteiger partial charge in [0.1, 0.15) is 6.29 Å². The minimum Gasteiger partial charge on any atom is -0.410 e. The molecule has 29 heavy (non-hydrogen) atoms. The van der Waals surface area contributed by atoms with Crippen LogP contribution in [-0.4, -0.2) is 25.7 Å². The summed E-state index contributed by atoms with van der Waals surface area (Å²) >= 11 is 1.68. The normalized spacial score (nSPS) is 16.0. The van der Waals surface area contributed by atoms with Crippen LogP contribution < -0.4 is 0 Å². The van der Waals surface area contributed by atoms with E-state index in [0.29, 0.717) is 0 Å². The van der Waals surface area contributed by atoms with E-state index in [1.54, 1.807) is 11.3 Å². The van der Waals surface area contributed by atoms with Crippen LogP contribution in [0.1, 0.15) is 77.9 Å². The molecule has 0 spiro atoms. The lowest BCUT2D eigenvalue weighted by molar-refractivity contribution is -0.110. The predicted octanol–water partition coefficient (Wildman–Crippen LogP) is 7.59. The smallest absolute Gasteiger partial charge is 0.192 e. The molecule has 0 N–H and O–H groups in total. The number of rotatable bonds is 11. The number of hydrogen-bond donors (Lipinski definition) is 0. The summed E-state index contributed by atoms with van der Waals surface area (Å²) in [7, 11) is -1.89. The van der Waals surface area contributed by atoms with E-state index in [9.17, 15) is 4.79 Å². The zero-order chi connectivity index (χ0) is 22.2. The van der Waals surface area contributed by atoms with E-state index in [2.05, 4.69) is 70.2 Å². The number of aryl methyl sites for hydroxylation is 1. The summed E-state index contributed by atoms with van der Waals surface area (Å²) in [5, 5.41) is 3.37. The fraction of sp³-hybridized carbons (Fsp3) is 0.667. The molecule has 2 atom stereocenters. The lowest BCUT2D eigenvalue weighted by Gasteiger charge is -2.39. The second kappa shape index (κ2) is 11.4. The van der Waals surface area contributed by atoms with Crippen molar-refractivity contribution in [2.75, 3.05) is 0 Å². The molecule has 0 saturated heterocycles. The SMILES string of the molecule is CC(=CCC(O[Si](C)(C)C(C)(C)C)C(C)=Cc1csc(C)n1)CCC[C@H](C)C=O. The zero-order valence-corrected chi connectivity index (χ0v) is 21.8. The van der Waals surface area contributed by atoms with Crippen molar-refractivity contribution < 1.29 is 9.22 Å². The first-order valence-electron chi connectivity index (χ1n) is 10.7. The quantitative estimate of drug-likeness (QED) is 0.204. The van der Waals surface area contributed by atoms with Gasteiger partial charge < -0.3 is 9.22 Å². The highest BCUT2D eigenvalue weighted by molar-refractivity contribution is 7.09. The molecule has 3 nitrogen and oxygen atoms in total. The Morgan fingerprint density at radius 3 is 2.48 bits per heavy atom. The van der Waals surface area contributed by atoms with Gasteiger partial charge in [-0.1, -0.05) is 39.3 Å². The molecule has 0 bridgehead atoms. The molecule has 1 aromatic rings. The zero-order valence-electron chi connectivity index (χ0n) is 20.0. The average Bonchev–Trinajstić information content (AvgIpc) is 3.01. The molecule has 0 fully saturated rings. The van der Waals surface area contributed by atoms with E-state index in [1.807, 2.05) is 13.8 Å². The van der Waals surface area contributed by atoms with Crippen LogP contribution in [0.4, 0.5) is 0 Å². The molecule has 0 aliphatic heterocycles. The van der Waals surface area contributed by atoms with Gasteiger partial charge in [0.2, 0.25) is 0 Å². The van der Waals surface area contributed by atoms with Gasteiger partial charge in [-0.15, -0.1) is 11.3 Å². The monoisotopic (exact) mass is 435 g/mol. The van der Waals surface area contributed by atoms with Crippen molar-refractivity contribution in [1.29, 1.82) is 0 Å². The van der Waals surface area contributed by atoms with Crippen molar-refractivity contribution in [3.05, 3.63) is 33.3 Å². The number of thiazole rings is 1. The van der Waals surface area contributed by atoms with Crippen LogP contribution in [0.3, 0.4) is 0 Å². The molecule has 1 aromatic heterocycles. The standard InChI is InChI=1S/C24H41NO2SSi/c1-18(11-10-12-19(2)16-26)13-14-23(27-29(8,9)24(5,6)7)20(3)15-22-17-28-21(4)25-22/h13,15-17,19,23H,10-12,14H2,1-9H3/t19-,23?/m0/s1. The number of carbonyl (C=O) groups is 1. The molecule has 0 amide bonds. The molecule has 0 saturated carbocycles. The largest absolute Gasteiger partial charge is 0.410 e. The fourth-order valence-corrected chi connectivity index (χ4v) is 4.73. The van der Waals surface area contributed by atoms with Crippen LogP contribution in [0, 0.1) is 12.8 Å². The van der Waals surface area contributed by atoms with E-state index in [0.717, 1.165) is 42.7 Å². The van der Waals surface area contributed by atoms with Crippen molar-refractivity contribution in [1.82, 2.24) is 4.98 Å². The van der Waals surface area contributed by atoms with Crippen molar-refractivity contribution in [3.8, 4) is 0 Å². The lowest BCUT2D eigenvalue weighted by atomic mass is 10.0. The van der Waals surface area contributed by atoms with Crippen LogP contribution >= 0.6 is 11.3 Å². The fourth-order valence-electron chi connectivity index (χ4n) is 2.81. The number of nitrogens with zero attached hydrogens (tertiary/aromatic N) is 1. The first kappa shape index (κ1) is 26.0. The van der Waals surface area contributed by atoms with Gasteiger partial charge in [-0.2, -0.15) is 0 Å². The maximum atomic E-state index is 10.8. The first-order chi connectivity index (χ1) is 13.4. The van der Waals surface area contributed by atoms with Gasteiger partial charge >= 0.3 is 0 Å². The molecule has 0 aliphatic carbocycles. The Balaban J connectivity index is 2.94. The van der Waals surface area contributed by atoms with E-state index in [1.165, 1.54) is 11.1 Å². The van der Waals surface area contributed by atoms with Gasteiger partial charge in [-0.05, 0) is 76.2 Å². The summed E-state index contributed by atoms with van der Waals surface area (Å²) in [5.74, 6) is 0.157. The summed E-state index contributed by atoms with van der Waals surface area (Å²) in [6.45, 7) is 19.9. The Kier molecular flexibility index (Phi) is 10.2. The number of hydrogen-bond acceptors (Lipinski definition) is 4. The third-order valence-corrected chi connectivity index (χ3v) is 11.2. The minimum absolute atomic E-state index is 0.0711. The Morgan fingerprint density at radius 1 is 1.31 bits per heavy atom. The Labute approximate surface area is 183 Å². The van der Waals surface area contributed by atoms with Crippen molar-refractivity contribution in [2.45, 2.75) is 98.4 Å². The lowest BCUT2D eigenvalue weighted by Crippen LogP contribution is -2.44. The Morgan fingerprint density at radius 2 is 1.97 bits per heavy atom. The second-order valence-electron chi connectivity index (χ2n) is 9.84. The van der Waals surface area contributed by atoms with Crippen molar-refractivity contribution >= 4 is 32.0 Å². The number of allylic oxidation sites excluding steroid dienone is 1. The van der Waals surface area contributed by atoms with Crippen molar-refractivity contribution in [3.63, 3.8) is 0 Å². The molecule has 1 unspecified atom stereocenters. The number of aromatic nitrogens is 1. The molecular weight excluding hydrogens is 394 g/mol. The number of aldehydes is 1. The van der Waals surface area contributed by atoms with E-state index in [-0.39, 0.29) is 17.1 Å².